The first-order valence-electron chi connectivity index (χ1n) is 7.16. The van der Waals surface area contributed by atoms with Gasteiger partial charge in [0, 0.05) is 19.9 Å². The molecule has 0 aliphatic carbocycles. The summed E-state index contributed by atoms with van der Waals surface area (Å²) in [6, 6.07) is 2.81. The Morgan fingerprint density at radius 3 is 2.43 bits per heavy atom. The fourth-order valence-electron chi connectivity index (χ4n) is 2.67. The molecule has 0 N–H and O–H groups in total. The maximum atomic E-state index is 11.4. The third-order valence-corrected chi connectivity index (χ3v) is 3.51. The van der Waals surface area contributed by atoms with Crippen molar-refractivity contribution < 1.29 is 28.7 Å². The average molecular weight is 326 g/mol. The van der Waals surface area contributed by atoms with Crippen LogP contribution in [0.1, 0.15) is 33.4 Å². The molecular weight excluding hydrogens is 308 g/mol. The molecule has 0 saturated carbocycles. The summed E-state index contributed by atoms with van der Waals surface area (Å²) in [5.74, 6) is -1.34. The molecule has 2 heterocycles. The van der Waals surface area contributed by atoms with Gasteiger partial charge in [0.25, 0.3) is 0 Å². The molecule has 2 rings (SSSR count). The molecule has 1 aliphatic heterocycles. The Kier molecular flexibility index (Phi) is 4.99. The summed E-state index contributed by atoms with van der Waals surface area (Å²) in [6.07, 6.45) is -1.32. The number of ether oxygens (including phenoxy) is 3. The molecule has 126 valence electrons. The minimum atomic E-state index is -0.965. The summed E-state index contributed by atoms with van der Waals surface area (Å²) < 4.78 is 17.5. The quantitative estimate of drug-likeness (QED) is 0.459. The molecule has 0 bridgehead atoms. The smallest absolute Gasteiger partial charge is 0.325 e. The molecule has 23 heavy (non-hydrogen) atoms. The van der Waals surface area contributed by atoms with E-state index in [1.165, 1.54) is 36.7 Å². The topological polar surface area (TPSA) is 110 Å². The van der Waals surface area contributed by atoms with Gasteiger partial charge in [-0.15, -0.1) is 0 Å². The zero-order chi connectivity index (χ0) is 17.1. The van der Waals surface area contributed by atoms with E-state index in [2.05, 4.69) is 0 Å². The second-order valence-corrected chi connectivity index (χ2v) is 5.15. The van der Waals surface area contributed by atoms with Crippen molar-refractivity contribution in [3.05, 3.63) is 28.4 Å². The molecule has 1 aliphatic rings. The molecule has 0 radical (unpaired) electrons. The van der Waals surface area contributed by atoms with Gasteiger partial charge in [-0.25, -0.2) is 4.57 Å². The Hall–Kier alpha value is -2.42. The molecule has 4 unspecified atom stereocenters. The zero-order valence-electron chi connectivity index (χ0n) is 13.0. The summed E-state index contributed by atoms with van der Waals surface area (Å²) in [5.41, 5.74) is 0. The van der Waals surface area contributed by atoms with Crippen molar-refractivity contribution in [2.75, 3.05) is 0 Å². The molecular formula is C14H18N2O7. The van der Waals surface area contributed by atoms with Crippen LogP contribution in [0, 0.1) is 10.1 Å². The van der Waals surface area contributed by atoms with Crippen LogP contribution in [0.3, 0.4) is 0 Å². The number of hydrogen-bond donors (Lipinski definition) is 0. The van der Waals surface area contributed by atoms with E-state index < -0.39 is 41.4 Å². The van der Waals surface area contributed by atoms with Crippen LogP contribution in [0.4, 0.5) is 5.82 Å². The number of rotatable bonds is 5. The summed E-state index contributed by atoms with van der Waals surface area (Å²) in [6.45, 7) is 4.27. The lowest BCUT2D eigenvalue weighted by Crippen LogP contribution is -2.38. The Labute approximate surface area is 132 Å². The lowest BCUT2D eigenvalue weighted by atomic mass is 10.1. The fourth-order valence-corrected chi connectivity index (χ4v) is 2.67. The van der Waals surface area contributed by atoms with Crippen molar-refractivity contribution in [2.45, 2.75) is 51.7 Å². The lowest BCUT2D eigenvalue weighted by molar-refractivity contribution is -0.394. The van der Waals surface area contributed by atoms with E-state index in [4.69, 9.17) is 14.2 Å². The van der Waals surface area contributed by atoms with Gasteiger partial charge in [-0.2, -0.15) is 0 Å². The monoisotopic (exact) mass is 326 g/mol. The van der Waals surface area contributed by atoms with Gasteiger partial charge in [0.1, 0.15) is 6.10 Å². The van der Waals surface area contributed by atoms with Crippen LogP contribution >= 0.6 is 0 Å². The minimum absolute atomic E-state index is 0.203. The van der Waals surface area contributed by atoms with Crippen molar-refractivity contribution in [2.24, 2.45) is 0 Å². The number of esters is 2. The van der Waals surface area contributed by atoms with E-state index in [1.807, 2.05) is 6.92 Å². The van der Waals surface area contributed by atoms with Crippen LogP contribution in [0.5, 0.6) is 0 Å². The highest BCUT2D eigenvalue weighted by Gasteiger charge is 2.52. The largest absolute Gasteiger partial charge is 0.456 e. The Bertz CT molecular complexity index is 612. The Balaban J connectivity index is 2.39. The highest BCUT2D eigenvalue weighted by Crippen LogP contribution is 2.37. The van der Waals surface area contributed by atoms with Crippen LogP contribution in [-0.4, -0.2) is 39.7 Å². The summed E-state index contributed by atoms with van der Waals surface area (Å²) in [4.78, 5) is 33.3. The highest BCUT2D eigenvalue weighted by atomic mass is 16.7. The van der Waals surface area contributed by atoms with E-state index in [0.717, 1.165) is 0 Å². The molecule has 9 heteroatoms. The number of carbonyl (C=O) groups excluding carboxylic acids is 2. The van der Waals surface area contributed by atoms with Gasteiger partial charge in [-0.05, 0) is 17.4 Å². The third kappa shape index (κ3) is 3.50. The number of nitro groups is 1. The summed E-state index contributed by atoms with van der Waals surface area (Å²) in [7, 11) is 0. The van der Waals surface area contributed by atoms with Crippen LogP contribution in [0.2, 0.25) is 0 Å². The predicted octanol–water partition coefficient (Wildman–Crippen LogP) is 1.57. The van der Waals surface area contributed by atoms with Crippen molar-refractivity contribution in [3.63, 3.8) is 0 Å². The van der Waals surface area contributed by atoms with E-state index in [0.29, 0.717) is 6.42 Å². The molecule has 0 aromatic carbocycles. The van der Waals surface area contributed by atoms with Gasteiger partial charge < -0.3 is 24.3 Å². The first kappa shape index (κ1) is 16.9. The third-order valence-electron chi connectivity index (χ3n) is 3.51. The fraction of sp³-hybridized carbons (Fsp3) is 0.571. The number of carbonyl (C=O) groups is 2. The second kappa shape index (κ2) is 6.78. The molecule has 4 atom stereocenters. The Morgan fingerprint density at radius 2 is 1.91 bits per heavy atom. The first-order valence-corrected chi connectivity index (χ1v) is 7.16. The minimum Gasteiger partial charge on any atom is -0.456 e. The van der Waals surface area contributed by atoms with Crippen molar-refractivity contribution in [3.8, 4) is 0 Å². The zero-order valence-corrected chi connectivity index (χ0v) is 13.0. The number of nitrogens with zero attached hydrogens (tertiary/aromatic N) is 2. The average Bonchev–Trinajstić information content (AvgIpc) is 3.04. The Morgan fingerprint density at radius 1 is 1.30 bits per heavy atom. The predicted molar refractivity (Wildman–Crippen MR) is 76.4 cm³/mol. The number of aromatic nitrogens is 1. The molecule has 0 amide bonds. The van der Waals surface area contributed by atoms with E-state index >= 15 is 0 Å². The van der Waals surface area contributed by atoms with E-state index in [-0.39, 0.29) is 5.82 Å². The van der Waals surface area contributed by atoms with Gasteiger partial charge in [0.2, 0.25) is 12.3 Å². The van der Waals surface area contributed by atoms with Crippen molar-refractivity contribution in [1.82, 2.24) is 4.57 Å². The van der Waals surface area contributed by atoms with Gasteiger partial charge >= 0.3 is 17.8 Å². The number of hydrogen-bond acceptors (Lipinski definition) is 7. The molecule has 1 aromatic heterocycles. The maximum absolute atomic E-state index is 11.4. The van der Waals surface area contributed by atoms with Crippen LogP contribution in [-0.2, 0) is 23.8 Å². The molecule has 1 saturated heterocycles. The maximum Gasteiger partial charge on any atom is 0.325 e. The van der Waals surface area contributed by atoms with Gasteiger partial charge in [0.15, 0.2) is 6.10 Å². The first-order chi connectivity index (χ1) is 10.8. The lowest BCUT2D eigenvalue weighted by Gasteiger charge is -2.22. The van der Waals surface area contributed by atoms with Crippen LogP contribution in [0.25, 0.3) is 0 Å². The molecule has 9 nitrogen and oxygen atoms in total. The van der Waals surface area contributed by atoms with Crippen LogP contribution in [0.15, 0.2) is 18.3 Å². The summed E-state index contributed by atoms with van der Waals surface area (Å²) in [5, 5.41) is 11.1. The second-order valence-electron chi connectivity index (χ2n) is 5.15. The molecule has 0 spiro atoms. The van der Waals surface area contributed by atoms with Crippen molar-refractivity contribution >= 4 is 17.8 Å². The summed E-state index contributed by atoms with van der Waals surface area (Å²) >= 11 is 0. The van der Waals surface area contributed by atoms with E-state index in [1.54, 1.807) is 0 Å². The van der Waals surface area contributed by atoms with Gasteiger partial charge in [-0.1, -0.05) is 6.92 Å². The SMILES string of the molecule is CCC1OC(n2cccc2[N+](=O)[O-])C(OC(C)=O)C1OC(C)=O. The van der Waals surface area contributed by atoms with Crippen molar-refractivity contribution in [1.29, 1.82) is 0 Å². The molecule has 1 aromatic rings. The molecule has 1 fully saturated rings. The van der Waals surface area contributed by atoms with Crippen LogP contribution < -0.4 is 0 Å². The van der Waals surface area contributed by atoms with E-state index in [9.17, 15) is 19.7 Å². The van der Waals surface area contributed by atoms with Gasteiger partial charge in [-0.3, -0.25) is 9.59 Å². The highest BCUT2D eigenvalue weighted by molar-refractivity contribution is 5.67. The normalized spacial score (nSPS) is 26.7. The van der Waals surface area contributed by atoms with Gasteiger partial charge in [0.05, 0.1) is 6.20 Å². The standard InChI is InChI=1S/C14H18N2O7/c1-4-10-12(21-8(2)17)13(22-9(3)18)14(23-10)15-7-5-6-11(15)16(19)20/h5-7,10,12-14H,4H2,1-3H3.